The first-order chi connectivity index (χ1) is 23.6. The SMILES string of the molecule is CC1=C(/C=C/C(C)=C/C=C/C(C)=C/C(=O)Oc2cc(C)c3c(c2)CC[C@@](C)(CCC[C@H](C)CCC[C@H](C)CCCC(C)C)O3)C(C)(C)CCC1. The van der Waals surface area contributed by atoms with Gasteiger partial charge in [0.2, 0.25) is 0 Å². The molecule has 0 fully saturated rings. The minimum atomic E-state index is -0.356. The second-order valence-electron chi connectivity index (χ2n) is 17.5. The maximum Gasteiger partial charge on any atom is 0.336 e. The molecule has 0 spiro atoms. The number of allylic oxidation sites excluding steroid dienone is 9. The van der Waals surface area contributed by atoms with E-state index in [1.165, 1.54) is 87.3 Å². The van der Waals surface area contributed by atoms with Crippen molar-refractivity contribution in [2.75, 3.05) is 0 Å². The van der Waals surface area contributed by atoms with Crippen molar-refractivity contribution < 1.29 is 14.3 Å². The highest BCUT2D eigenvalue weighted by atomic mass is 16.5. The molecule has 1 aromatic carbocycles. The molecule has 3 heteroatoms. The van der Waals surface area contributed by atoms with Gasteiger partial charge in [-0.15, -0.1) is 0 Å². The monoisotopic (exact) mass is 685 g/mol. The average molecular weight is 685 g/mol. The van der Waals surface area contributed by atoms with E-state index in [9.17, 15) is 4.79 Å². The molecule has 50 heavy (non-hydrogen) atoms. The zero-order valence-electron chi connectivity index (χ0n) is 34.0. The maximum absolute atomic E-state index is 12.8. The normalized spacial score (nSPS) is 21.1. The number of aryl methyl sites for hydroxylation is 2. The van der Waals surface area contributed by atoms with E-state index < -0.39 is 0 Å². The Morgan fingerprint density at radius 3 is 2.18 bits per heavy atom. The van der Waals surface area contributed by atoms with Crippen molar-refractivity contribution in [3.05, 3.63) is 82.0 Å². The molecule has 0 saturated heterocycles. The van der Waals surface area contributed by atoms with Gasteiger partial charge in [0.1, 0.15) is 17.1 Å². The summed E-state index contributed by atoms with van der Waals surface area (Å²) >= 11 is 0. The van der Waals surface area contributed by atoms with Gasteiger partial charge in [-0.2, -0.15) is 0 Å². The third kappa shape index (κ3) is 14.1. The summed E-state index contributed by atoms with van der Waals surface area (Å²) < 4.78 is 12.5. The predicted octanol–water partition coefficient (Wildman–Crippen LogP) is 14.0. The zero-order valence-corrected chi connectivity index (χ0v) is 34.0. The van der Waals surface area contributed by atoms with Crippen molar-refractivity contribution in [3.8, 4) is 11.5 Å². The quantitative estimate of drug-likeness (QED) is 0.0668. The van der Waals surface area contributed by atoms with Crippen LogP contribution in [0.5, 0.6) is 11.5 Å². The van der Waals surface area contributed by atoms with Crippen LogP contribution in [0.4, 0.5) is 0 Å². The van der Waals surface area contributed by atoms with Crippen molar-refractivity contribution in [3.63, 3.8) is 0 Å². The summed E-state index contributed by atoms with van der Waals surface area (Å²) in [6.45, 7) is 24.9. The Morgan fingerprint density at radius 1 is 0.860 bits per heavy atom. The lowest BCUT2D eigenvalue weighted by Crippen LogP contribution is -2.36. The largest absolute Gasteiger partial charge is 0.487 e. The zero-order chi connectivity index (χ0) is 36.9. The number of carbonyl (C=O) groups is 1. The maximum atomic E-state index is 12.8. The molecule has 0 unspecified atom stereocenters. The third-order valence-corrected chi connectivity index (χ3v) is 11.2. The lowest BCUT2D eigenvalue weighted by molar-refractivity contribution is -0.129. The molecule has 0 bridgehead atoms. The van der Waals surface area contributed by atoms with E-state index >= 15 is 0 Å². The van der Waals surface area contributed by atoms with Gasteiger partial charge >= 0.3 is 5.97 Å². The first-order valence-electron chi connectivity index (χ1n) is 20.0. The summed E-state index contributed by atoms with van der Waals surface area (Å²) in [6.07, 6.45) is 29.5. The molecule has 3 nitrogen and oxygen atoms in total. The van der Waals surface area contributed by atoms with Crippen molar-refractivity contribution >= 4 is 5.97 Å². The molecule has 1 aliphatic carbocycles. The summed E-state index contributed by atoms with van der Waals surface area (Å²) in [5.74, 6) is 3.67. The first kappa shape index (κ1) is 41.6. The molecule has 0 radical (unpaired) electrons. The number of hydrogen-bond acceptors (Lipinski definition) is 3. The minimum Gasteiger partial charge on any atom is -0.487 e. The molecule has 2 aliphatic rings. The van der Waals surface area contributed by atoms with Crippen LogP contribution >= 0.6 is 0 Å². The highest BCUT2D eigenvalue weighted by Crippen LogP contribution is 2.42. The van der Waals surface area contributed by atoms with Gasteiger partial charge in [-0.3, -0.25) is 0 Å². The molecular formula is C47H72O3. The van der Waals surface area contributed by atoms with Crippen LogP contribution in [-0.2, 0) is 11.2 Å². The number of fused-ring (bicyclic) bond motifs is 1. The predicted molar refractivity (Wildman–Crippen MR) is 215 cm³/mol. The Balaban J connectivity index is 1.46. The van der Waals surface area contributed by atoms with Crippen LogP contribution in [0.3, 0.4) is 0 Å². The van der Waals surface area contributed by atoms with E-state index in [-0.39, 0.29) is 17.0 Å². The number of rotatable bonds is 18. The topological polar surface area (TPSA) is 35.5 Å². The van der Waals surface area contributed by atoms with Gasteiger partial charge in [0.15, 0.2) is 0 Å². The second-order valence-corrected chi connectivity index (χ2v) is 17.5. The van der Waals surface area contributed by atoms with Crippen LogP contribution in [0.2, 0.25) is 0 Å². The van der Waals surface area contributed by atoms with Gasteiger partial charge in [0, 0.05) is 6.08 Å². The van der Waals surface area contributed by atoms with Crippen LogP contribution in [-0.4, -0.2) is 11.6 Å². The molecule has 278 valence electrons. The summed E-state index contributed by atoms with van der Waals surface area (Å²) in [5.41, 5.74) is 7.27. The van der Waals surface area contributed by atoms with E-state index in [0.717, 1.165) is 59.5 Å². The summed E-state index contributed by atoms with van der Waals surface area (Å²) in [5, 5.41) is 0. The fraction of sp³-hybridized carbons (Fsp3) is 0.638. The van der Waals surface area contributed by atoms with Gasteiger partial charge in [-0.1, -0.05) is 128 Å². The van der Waals surface area contributed by atoms with E-state index in [1.54, 1.807) is 6.08 Å². The Labute approximate surface area is 307 Å². The smallest absolute Gasteiger partial charge is 0.336 e. The number of benzene rings is 1. The van der Waals surface area contributed by atoms with E-state index in [1.807, 2.05) is 31.2 Å². The standard InChI is InChI=1S/C47H72O3/c1-34(2)17-12-18-35(3)19-13-20-36(4)23-15-29-47(11)30-27-41-33-42(32-40(8)45(41)50-47)49-44(48)31-38(6)22-14-21-37(5)25-26-43-39(7)24-16-28-46(43,9)10/h14,21-22,25-26,31-36H,12-13,15-20,23-24,27-30H2,1-11H3/b22-14+,26-25+,37-21+,38-31+/t35-,36-,47-/m1/s1. The first-order valence-corrected chi connectivity index (χ1v) is 20.0. The Bertz CT molecular complexity index is 1410. The fourth-order valence-electron chi connectivity index (χ4n) is 7.89. The molecule has 1 aliphatic heterocycles. The molecule has 0 N–H and O–H groups in total. The Morgan fingerprint density at radius 2 is 1.52 bits per heavy atom. The van der Waals surface area contributed by atoms with Crippen LogP contribution in [0.25, 0.3) is 0 Å². The van der Waals surface area contributed by atoms with Crippen LogP contribution < -0.4 is 9.47 Å². The van der Waals surface area contributed by atoms with Gasteiger partial charge in [0.25, 0.3) is 0 Å². The summed E-state index contributed by atoms with van der Waals surface area (Å²) in [4.78, 5) is 12.8. The van der Waals surface area contributed by atoms with Gasteiger partial charge in [-0.05, 0) is 137 Å². The van der Waals surface area contributed by atoms with Crippen molar-refractivity contribution in [1.29, 1.82) is 0 Å². The van der Waals surface area contributed by atoms with Gasteiger partial charge < -0.3 is 9.47 Å². The highest BCUT2D eigenvalue weighted by molar-refractivity contribution is 5.85. The molecule has 3 rings (SSSR count). The third-order valence-electron chi connectivity index (χ3n) is 11.2. The highest BCUT2D eigenvalue weighted by Gasteiger charge is 2.32. The van der Waals surface area contributed by atoms with Crippen LogP contribution in [0.1, 0.15) is 164 Å². The number of hydrogen-bond donors (Lipinski definition) is 0. The van der Waals surface area contributed by atoms with Crippen molar-refractivity contribution in [1.82, 2.24) is 0 Å². The lowest BCUT2D eigenvalue weighted by Gasteiger charge is -2.37. The van der Waals surface area contributed by atoms with Crippen molar-refractivity contribution in [2.45, 2.75) is 172 Å². The molecule has 0 saturated carbocycles. The Hall–Kier alpha value is -2.81. The summed E-state index contributed by atoms with van der Waals surface area (Å²) in [7, 11) is 0. The molecule has 1 aromatic rings. The van der Waals surface area contributed by atoms with E-state index in [2.05, 4.69) is 87.5 Å². The van der Waals surface area contributed by atoms with Crippen LogP contribution in [0, 0.1) is 30.1 Å². The molecule has 1 heterocycles. The van der Waals surface area contributed by atoms with E-state index in [0.29, 0.717) is 5.75 Å². The average Bonchev–Trinajstić information content (AvgIpc) is 3.00. The van der Waals surface area contributed by atoms with Gasteiger partial charge in [-0.25, -0.2) is 4.79 Å². The summed E-state index contributed by atoms with van der Waals surface area (Å²) in [6, 6.07) is 3.94. The lowest BCUT2D eigenvalue weighted by atomic mass is 9.72. The minimum absolute atomic E-state index is 0.141. The van der Waals surface area contributed by atoms with Gasteiger partial charge in [0.05, 0.1) is 0 Å². The molecular weight excluding hydrogens is 613 g/mol. The second kappa shape index (κ2) is 19.7. The van der Waals surface area contributed by atoms with Crippen molar-refractivity contribution in [2.24, 2.45) is 23.2 Å². The molecule has 3 atom stereocenters. The molecule has 0 aromatic heterocycles. The number of ether oxygens (including phenoxy) is 2. The number of carbonyl (C=O) groups excluding carboxylic acids is 1. The number of esters is 1. The Kier molecular flexibility index (Phi) is 16.4. The molecule has 0 amide bonds. The van der Waals surface area contributed by atoms with Crippen LogP contribution in [0.15, 0.2) is 70.9 Å². The fourth-order valence-corrected chi connectivity index (χ4v) is 7.89. The van der Waals surface area contributed by atoms with E-state index in [4.69, 9.17) is 9.47 Å².